The maximum atomic E-state index is 12.5. The molecule has 1 aromatic rings. The molecule has 0 amide bonds. The summed E-state index contributed by atoms with van der Waals surface area (Å²) in [5.41, 5.74) is -0.00837. The molecule has 0 radical (unpaired) electrons. The number of methoxy groups -OCH3 is 1. The molecule has 0 aliphatic heterocycles. The van der Waals surface area contributed by atoms with Gasteiger partial charge in [-0.1, -0.05) is 0 Å². The van der Waals surface area contributed by atoms with Crippen LogP contribution in [-0.4, -0.2) is 50.2 Å². The Morgan fingerprint density at radius 3 is 2.46 bits per heavy atom. The van der Waals surface area contributed by atoms with Gasteiger partial charge in [-0.05, 0) is 18.9 Å². The molecule has 0 atom stereocenters. The quantitative estimate of drug-likeness (QED) is 0.522. The summed E-state index contributed by atoms with van der Waals surface area (Å²) in [5.74, 6) is -2.29. The van der Waals surface area contributed by atoms with E-state index in [4.69, 9.17) is 19.3 Å². The van der Waals surface area contributed by atoms with Crippen molar-refractivity contribution in [2.45, 2.75) is 25.3 Å². The molecule has 1 aliphatic rings. The van der Waals surface area contributed by atoms with Gasteiger partial charge in [-0.3, -0.25) is 9.59 Å². The van der Waals surface area contributed by atoms with Crippen molar-refractivity contribution < 1.29 is 46.8 Å². The van der Waals surface area contributed by atoms with Crippen LogP contribution in [0.4, 0.5) is 13.2 Å². The molecular weight excluding hydrogens is 361 g/mol. The van der Waals surface area contributed by atoms with E-state index in [0.717, 1.165) is 19.2 Å². The molecular formula is C16H17F3O7. The summed E-state index contributed by atoms with van der Waals surface area (Å²) in [7, 11) is 1.14. The lowest BCUT2D eigenvalue weighted by molar-refractivity contribution is -0.275. The highest BCUT2D eigenvalue weighted by atomic mass is 19.4. The van der Waals surface area contributed by atoms with Crippen molar-refractivity contribution in [3.8, 4) is 17.2 Å². The molecule has 2 rings (SSSR count). The fraction of sp³-hybridized carbons (Fsp3) is 0.500. The van der Waals surface area contributed by atoms with Gasteiger partial charge in [0.2, 0.25) is 0 Å². The third-order valence-electron chi connectivity index (χ3n) is 3.79. The number of carboxylic acids is 1. The summed E-state index contributed by atoms with van der Waals surface area (Å²) in [6.07, 6.45) is -3.90. The van der Waals surface area contributed by atoms with Gasteiger partial charge in [-0.2, -0.15) is 0 Å². The van der Waals surface area contributed by atoms with Crippen LogP contribution in [-0.2, 0) is 9.53 Å². The van der Waals surface area contributed by atoms with E-state index >= 15 is 0 Å². The van der Waals surface area contributed by atoms with Crippen molar-refractivity contribution in [2.75, 3.05) is 20.3 Å². The molecule has 10 heteroatoms. The van der Waals surface area contributed by atoms with Gasteiger partial charge in [0.25, 0.3) is 0 Å². The molecule has 0 heterocycles. The first-order chi connectivity index (χ1) is 12.2. The second kappa shape index (κ2) is 8.26. The molecule has 1 saturated carbocycles. The van der Waals surface area contributed by atoms with Crippen molar-refractivity contribution >= 4 is 12.3 Å². The molecule has 1 fully saturated rings. The summed E-state index contributed by atoms with van der Waals surface area (Å²) >= 11 is 0. The summed E-state index contributed by atoms with van der Waals surface area (Å²) in [6, 6.07) is 1.99. The van der Waals surface area contributed by atoms with Crippen LogP contribution in [0.3, 0.4) is 0 Å². The molecule has 0 aromatic heterocycles. The average Bonchev–Trinajstić information content (AvgIpc) is 2.51. The summed E-state index contributed by atoms with van der Waals surface area (Å²) in [5, 5.41) is 8.76. The van der Waals surface area contributed by atoms with E-state index in [1.807, 2.05) is 0 Å². The zero-order valence-electron chi connectivity index (χ0n) is 13.7. The van der Waals surface area contributed by atoms with E-state index < -0.39 is 24.0 Å². The number of alkyl halides is 3. The number of carbonyl (C=O) groups is 2. The van der Waals surface area contributed by atoms with E-state index in [9.17, 15) is 22.8 Å². The van der Waals surface area contributed by atoms with Gasteiger partial charge < -0.3 is 24.1 Å². The van der Waals surface area contributed by atoms with Crippen LogP contribution in [0.5, 0.6) is 17.2 Å². The summed E-state index contributed by atoms with van der Waals surface area (Å²) in [6.45, 7) is 0.0592. The van der Waals surface area contributed by atoms with Gasteiger partial charge in [-0.15, -0.1) is 13.2 Å². The summed E-state index contributed by atoms with van der Waals surface area (Å²) in [4.78, 5) is 21.8. The van der Waals surface area contributed by atoms with Crippen molar-refractivity contribution in [1.29, 1.82) is 0 Å². The van der Waals surface area contributed by atoms with Crippen molar-refractivity contribution in [2.24, 2.45) is 5.92 Å². The van der Waals surface area contributed by atoms with Gasteiger partial charge in [0.15, 0.2) is 17.8 Å². The van der Waals surface area contributed by atoms with E-state index in [1.165, 1.54) is 0 Å². The standard InChI is InChI=1S/C16H17F3O7/c1-23-13-6-10(8-20)12(7-14(13)26-16(17,18)19)25-3-2-24-11-4-9(5-11)15(21)22/h6-9,11H,2-5H2,1H3,(H,21,22). The maximum absolute atomic E-state index is 12.5. The lowest BCUT2D eigenvalue weighted by atomic mass is 9.82. The Morgan fingerprint density at radius 1 is 1.23 bits per heavy atom. The normalized spacial score (nSPS) is 19.4. The third kappa shape index (κ3) is 5.25. The van der Waals surface area contributed by atoms with E-state index in [2.05, 4.69) is 4.74 Å². The molecule has 26 heavy (non-hydrogen) atoms. The van der Waals surface area contributed by atoms with Crippen LogP contribution in [0.15, 0.2) is 12.1 Å². The Balaban J connectivity index is 1.94. The van der Waals surface area contributed by atoms with Crippen molar-refractivity contribution in [3.05, 3.63) is 17.7 Å². The fourth-order valence-corrected chi connectivity index (χ4v) is 2.41. The first kappa shape index (κ1) is 19.8. The number of carbonyl (C=O) groups excluding carboxylic acids is 1. The molecule has 1 aliphatic carbocycles. The average molecular weight is 378 g/mol. The van der Waals surface area contributed by atoms with Gasteiger partial charge in [0.1, 0.15) is 12.4 Å². The first-order valence-electron chi connectivity index (χ1n) is 7.63. The molecule has 144 valence electrons. The van der Waals surface area contributed by atoms with Crippen molar-refractivity contribution in [3.63, 3.8) is 0 Å². The first-order valence-corrected chi connectivity index (χ1v) is 7.63. The van der Waals surface area contributed by atoms with Crippen LogP contribution < -0.4 is 14.2 Å². The number of aliphatic carboxylic acids is 1. The minimum atomic E-state index is -4.93. The molecule has 1 N–H and O–H groups in total. The molecule has 7 nitrogen and oxygen atoms in total. The van der Waals surface area contributed by atoms with Crippen LogP contribution in [0, 0.1) is 5.92 Å². The smallest absolute Gasteiger partial charge is 0.493 e. The van der Waals surface area contributed by atoms with Crippen LogP contribution in [0.2, 0.25) is 0 Å². The van der Waals surface area contributed by atoms with E-state index in [0.29, 0.717) is 19.1 Å². The monoisotopic (exact) mass is 378 g/mol. The van der Waals surface area contributed by atoms with Gasteiger partial charge >= 0.3 is 12.3 Å². The summed E-state index contributed by atoms with van der Waals surface area (Å²) < 4.78 is 56.7. The van der Waals surface area contributed by atoms with Crippen LogP contribution >= 0.6 is 0 Å². The fourth-order valence-electron chi connectivity index (χ4n) is 2.41. The second-order valence-corrected chi connectivity index (χ2v) is 5.55. The van der Waals surface area contributed by atoms with Gasteiger partial charge in [-0.25, -0.2) is 0 Å². The van der Waals surface area contributed by atoms with Crippen LogP contribution in [0.25, 0.3) is 0 Å². The molecule has 1 aromatic carbocycles. The minimum absolute atomic E-state index is 0.00837. The van der Waals surface area contributed by atoms with Crippen molar-refractivity contribution in [1.82, 2.24) is 0 Å². The highest BCUT2D eigenvalue weighted by molar-refractivity contribution is 5.81. The SMILES string of the molecule is COc1cc(C=O)c(OCCOC2CC(C(=O)O)C2)cc1OC(F)(F)F. The number of hydrogen-bond donors (Lipinski definition) is 1. The Kier molecular flexibility index (Phi) is 6.30. The lowest BCUT2D eigenvalue weighted by Crippen LogP contribution is -2.37. The predicted molar refractivity (Wildman–Crippen MR) is 80.7 cm³/mol. The number of carboxylic acid groups (broad SMARTS) is 1. The molecule has 0 spiro atoms. The van der Waals surface area contributed by atoms with E-state index in [-0.39, 0.29) is 36.4 Å². The Bertz CT molecular complexity index is 654. The Labute approximate surface area is 146 Å². The van der Waals surface area contributed by atoms with Crippen LogP contribution in [0.1, 0.15) is 23.2 Å². The maximum Gasteiger partial charge on any atom is 0.573 e. The zero-order valence-corrected chi connectivity index (χ0v) is 13.7. The number of halogens is 3. The highest BCUT2D eigenvalue weighted by Gasteiger charge is 2.35. The topological polar surface area (TPSA) is 91.3 Å². The molecule has 0 saturated heterocycles. The van der Waals surface area contributed by atoms with E-state index in [1.54, 1.807) is 0 Å². The van der Waals surface area contributed by atoms with Gasteiger partial charge in [0.05, 0.1) is 31.3 Å². The Morgan fingerprint density at radius 2 is 1.92 bits per heavy atom. The van der Waals surface area contributed by atoms with Gasteiger partial charge in [0, 0.05) is 6.07 Å². The second-order valence-electron chi connectivity index (χ2n) is 5.55. The molecule has 0 bridgehead atoms. The minimum Gasteiger partial charge on any atom is -0.493 e. The number of benzene rings is 1. The zero-order chi connectivity index (χ0) is 19.3. The Hall–Kier alpha value is -2.49. The number of aldehydes is 1. The largest absolute Gasteiger partial charge is 0.573 e. The number of rotatable bonds is 9. The highest BCUT2D eigenvalue weighted by Crippen LogP contribution is 2.37. The third-order valence-corrected chi connectivity index (χ3v) is 3.79. The molecule has 0 unspecified atom stereocenters. The lowest BCUT2D eigenvalue weighted by Gasteiger charge is -2.32. The predicted octanol–water partition coefficient (Wildman–Crippen LogP) is 2.66. The number of ether oxygens (including phenoxy) is 4. The number of hydrogen-bond acceptors (Lipinski definition) is 6.